The van der Waals surface area contributed by atoms with Crippen LogP contribution in [-0.2, 0) is 4.79 Å². The number of amides is 1. The van der Waals surface area contributed by atoms with Gasteiger partial charge in [-0.2, -0.15) is 0 Å². The van der Waals surface area contributed by atoms with Crippen LogP contribution in [0.15, 0.2) is 18.2 Å². The van der Waals surface area contributed by atoms with E-state index < -0.39 is 0 Å². The highest BCUT2D eigenvalue weighted by molar-refractivity contribution is 6.35. The van der Waals surface area contributed by atoms with Crippen molar-refractivity contribution < 1.29 is 4.79 Å². The van der Waals surface area contributed by atoms with Crippen LogP contribution in [-0.4, -0.2) is 18.5 Å². The SMILES string of the molecule is CC1CCNC1C(=O)Nc1cc(Cl)cc(Cl)c1. The van der Waals surface area contributed by atoms with Gasteiger partial charge < -0.3 is 10.6 Å². The van der Waals surface area contributed by atoms with Crippen molar-refractivity contribution in [2.45, 2.75) is 19.4 Å². The van der Waals surface area contributed by atoms with Gasteiger partial charge in [-0.3, -0.25) is 4.79 Å². The first-order valence-corrected chi connectivity index (χ1v) is 6.32. The Kier molecular flexibility index (Phi) is 3.92. The third-order valence-corrected chi connectivity index (χ3v) is 3.38. The maximum Gasteiger partial charge on any atom is 0.241 e. The third-order valence-electron chi connectivity index (χ3n) is 2.95. The van der Waals surface area contributed by atoms with E-state index in [1.807, 2.05) is 0 Å². The molecule has 1 aromatic carbocycles. The number of hydrogen-bond donors (Lipinski definition) is 2. The summed E-state index contributed by atoms with van der Waals surface area (Å²) in [7, 11) is 0. The lowest BCUT2D eigenvalue weighted by molar-refractivity contribution is -0.118. The molecule has 2 rings (SSSR count). The molecule has 0 radical (unpaired) electrons. The molecule has 2 N–H and O–H groups in total. The molecule has 0 aliphatic carbocycles. The van der Waals surface area contributed by atoms with Gasteiger partial charge in [0, 0.05) is 15.7 Å². The van der Waals surface area contributed by atoms with E-state index >= 15 is 0 Å². The number of carbonyl (C=O) groups is 1. The molecular formula is C12H14Cl2N2O. The first-order valence-electron chi connectivity index (χ1n) is 5.56. The quantitative estimate of drug-likeness (QED) is 0.869. The standard InChI is InChI=1S/C12H14Cl2N2O/c1-7-2-3-15-11(7)12(17)16-10-5-8(13)4-9(14)6-10/h4-7,11,15H,2-3H2,1H3,(H,16,17). The molecule has 17 heavy (non-hydrogen) atoms. The fraction of sp³-hybridized carbons (Fsp3) is 0.417. The summed E-state index contributed by atoms with van der Waals surface area (Å²) in [6, 6.07) is 4.87. The molecule has 2 atom stereocenters. The van der Waals surface area contributed by atoms with Gasteiger partial charge in [0.25, 0.3) is 0 Å². The number of anilines is 1. The van der Waals surface area contributed by atoms with Crippen LogP contribution < -0.4 is 10.6 Å². The molecule has 0 spiro atoms. The Labute approximate surface area is 110 Å². The largest absolute Gasteiger partial charge is 0.325 e. The maximum atomic E-state index is 12.0. The Balaban J connectivity index is 2.07. The van der Waals surface area contributed by atoms with Crippen LogP contribution in [0.1, 0.15) is 13.3 Å². The van der Waals surface area contributed by atoms with Crippen LogP contribution in [0.5, 0.6) is 0 Å². The zero-order valence-electron chi connectivity index (χ0n) is 9.47. The Morgan fingerprint density at radius 3 is 2.53 bits per heavy atom. The van der Waals surface area contributed by atoms with Gasteiger partial charge in [-0.25, -0.2) is 0 Å². The average molecular weight is 273 g/mol. The monoisotopic (exact) mass is 272 g/mol. The lowest BCUT2D eigenvalue weighted by atomic mass is 10.0. The van der Waals surface area contributed by atoms with E-state index in [2.05, 4.69) is 17.6 Å². The number of carbonyl (C=O) groups excluding carboxylic acids is 1. The van der Waals surface area contributed by atoms with Crippen molar-refractivity contribution in [1.82, 2.24) is 5.32 Å². The van der Waals surface area contributed by atoms with Crippen LogP contribution in [0, 0.1) is 5.92 Å². The number of halogens is 2. The maximum absolute atomic E-state index is 12.0. The summed E-state index contributed by atoms with van der Waals surface area (Å²) in [5.74, 6) is 0.318. The van der Waals surface area contributed by atoms with Crippen molar-refractivity contribution >= 4 is 34.8 Å². The fourth-order valence-electron chi connectivity index (χ4n) is 2.03. The second-order valence-electron chi connectivity index (χ2n) is 4.35. The molecule has 1 saturated heterocycles. The summed E-state index contributed by atoms with van der Waals surface area (Å²) in [5, 5.41) is 7.03. The Hall–Kier alpha value is -0.770. The van der Waals surface area contributed by atoms with Gasteiger partial charge >= 0.3 is 0 Å². The minimum atomic E-state index is -0.132. The Morgan fingerprint density at radius 1 is 1.35 bits per heavy atom. The van der Waals surface area contributed by atoms with Gasteiger partial charge in [-0.05, 0) is 37.1 Å². The molecule has 1 aliphatic rings. The molecule has 92 valence electrons. The van der Waals surface area contributed by atoms with Crippen molar-refractivity contribution in [2.75, 3.05) is 11.9 Å². The molecule has 1 amide bonds. The predicted molar refractivity (Wildman–Crippen MR) is 70.7 cm³/mol. The lowest BCUT2D eigenvalue weighted by Gasteiger charge is -2.15. The van der Waals surface area contributed by atoms with Crippen LogP contribution in [0.25, 0.3) is 0 Å². The Morgan fingerprint density at radius 2 is 2.00 bits per heavy atom. The summed E-state index contributed by atoms with van der Waals surface area (Å²) in [4.78, 5) is 12.0. The van der Waals surface area contributed by atoms with E-state index in [0.29, 0.717) is 21.7 Å². The number of nitrogens with one attached hydrogen (secondary N) is 2. The van der Waals surface area contributed by atoms with Gasteiger partial charge in [0.15, 0.2) is 0 Å². The molecule has 5 heteroatoms. The van der Waals surface area contributed by atoms with Crippen LogP contribution in [0.3, 0.4) is 0 Å². The molecule has 0 bridgehead atoms. The summed E-state index contributed by atoms with van der Waals surface area (Å²) in [5.41, 5.74) is 0.633. The molecule has 1 aliphatic heterocycles. The van der Waals surface area contributed by atoms with Crippen molar-refractivity contribution in [3.8, 4) is 0 Å². The first-order chi connectivity index (χ1) is 8.06. The highest BCUT2D eigenvalue weighted by Gasteiger charge is 2.29. The van der Waals surface area contributed by atoms with E-state index in [1.165, 1.54) is 0 Å². The normalized spacial score (nSPS) is 23.7. The lowest BCUT2D eigenvalue weighted by Crippen LogP contribution is -2.39. The van der Waals surface area contributed by atoms with Crippen molar-refractivity contribution in [3.63, 3.8) is 0 Å². The number of hydrogen-bond acceptors (Lipinski definition) is 2. The molecule has 0 saturated carbocycles. The first kappa shape index (κ1) is 12.7. The van der Waals surface area contributed by atoms with Gasteiger partial charge in [-0.1, -0.05) is 30.1 Å². The van der Waals surface area contributed by atoms with Crippen molar-refractivity contribution in [1.29, 1.82) is 0 Å². The van der Waals surface area contributed by atoms with Crippen LogP contribution in [0.2, 0.25) is 10.0 Å². The smallest absolute Gasteiger partial charge is 0.241 e. The highest BCUT2D eigenvalue weighted by Crippen LogP contribution is 2.23. The molecule has 3 nitrogen and oxygen atoms in total. The average Bonchev–Trinajstić information content (AvgIpc) is 2.62. The summed E-state index contributed by atoms with van der Waals surface area (Å²) in [6.45, 7) is 2.95. The predicted octanol–water partition coefficient (Wildman–Crippen LogP) is 2.93. The molecular weight excluding hydrogens is 259 g/mol. The topological polar surface area (TPSA) is 41.1 Å². The summed E-state index contributed by atoms with van der Waals surface area (Å²) >= 11 is 11.7. The summed E-state index contributed by atoms with van der Waals surface area (Å²) < 4.78 is 0. The van der Waals surface area contributed by atoms with Gasteiger partial charge in [0.05, 0.1) is 6.04 Å². The van der Waals surface area contributed by atoms with E-state index in [9.17, 15) is 4.79 Å². The van der Waals surface area contributed by atoms with Crippen molar-refractivity contribution in [3.05, 3.63) is 28.2 Å². The van der Waals surface area contributed by atoms with Gasteiger partial charge in [0.2, 0.25) is 5.91 Å². The molecule has 1 heterocycles. The molecule has 1 aromatic rings. The zero-order chi connectivity index (χ0) is 12.4. The van der Waals surface area contributed by atoms with Crippen molar-refractivity contribution in [2.24, 2.45) is 5.92 Å². The van der Waals surface area contributed by atoms with E-state index in [-0.39, 0.29) is 11.9 Å². The molecule has 2 unspecified atom stereocenters. The minimum absolute atomic E-state index is 0.0340. The van der Waals surface area contributed by atoms with Gasteiger partial charge in [-0.15, -0.1) is 0 Å². The molecule has 1 fully saturated rings. The van der Waals surface area contributed by atoms with Gasteiger partial charge in [0.1, 0.15) is 0 Å². The van der Waals surface area contributed by atoms with E-state index in [0.717, 1.165) is 13.0 Å². The third kappa shape index (κ3) is 3.12. The van der Waals surface area contributed by atoms with E-state index in [1.54, 1.807) is 18.2 Å². The summed E-state index contributed by atoms with van der Waals surface area (Å²) in [6.07, 6.45) is 1.02. The van der Waals surface area contributed by atoms with Crippen LogP contribution in [0.4, 0.5) is 5.69 Å². The second kappa shape index (κ2) is 5.25. The van der Waals surface area contributed by atoms with E-state index in [4.69, 9.17) is 23.2 Å². The minimum Gasteiger partial charge on any atom is -0.325 e. The second-order valence-corrected chi connectivity index (χ2v) is 5.22. The fourth-order valence-corrected chi connectivity index (χ4v) is 2.56. The Bertz CT molecular complexity index is 416. The highest BCUT2D eigenvalue weighted by atomic mass is 35.5. The molecule has 0 aromatic heterocycles. The number of rotatable bonds is 2. The number of benzene rings is 1. The zero-order valence-corrected chi connectivity index (χ0v) is 11.0. The van der Waals surface area contributed by atoms with Crippen LogP contribution >= 0.6 is 23.2 Å².